The lowest BCUT2D eigenvalue weighted by atomic mass is 9.94. The van der Waals surface area contributed by atoms with E-state index in [0.29, 0.717) is 5.92 Å². The molecule has 1 atom stereocenters. The van der Waals surface area contributed by atoms with E-state index in [1.807, 2.05) is 0 Å². The van der Waals surface area contributed by atoms with Crippen molar-refractivity contribution in [2.75, 3.05) is 26.2 Å². The van der Waals surface area contributed by atoms with E-state index in [-0.39, 0.29) is 5.54 Å². The van der Waals surface area contributed by atoms with Crippen LogP contribution in [0.4, 0.5) is 0 Å². The van der Waals surface area contributed by atoms with Gasteiger partial charge in [0.1, 0.15) is 5.54 Å². The molecule has 84 valence electrons. The summed E-state index contributed by atoms with van der Waals surface area (Å²) >= 11 is 0. The van der Waals surface area contributed by atoms with Gasteiger partial charge in [-0.15, -0.1) is 0 Å². The van der Waals surface area contributed by atoms with Gasteiger partial charge in [0.15, 0.2) is 0 Å². The molecule has 0 aromatic rings. The maximum atomic E-state index is 9.44. The summed E-state index contributed by atoms with van der Waals surface area (Å²) in [6.45, 7) is 6.29. The molecule has 1 saturated carbocycles. The zero-order chi connectivity index (χ0) is 10.7. The Bertz CT molecular complexity index is 248. The molecular formula is C12H21N3. The first-order valence-corrected chi connectivity index (χ1v) is 6.19. The molecule has 0 radical (unpaired) electrons. The van der Waals surface area contributed by atoms with Crippen LogP contribution >= 0.6 is 0 Å². The van der Waals surface area contributed by atoms with Gasteiger partial charge in [-0.25, -0.2) is 0 Å². The van der Waals surface area contributed by atoms with E-state index in [9.17, 15) is 5.26 Å². The van der Waals surface area contributed by atoms with Crippen LogP contribution in [0.2, 0.25) is 0 Å². The highest BCUT2D eigenvalue weighted by atomic mass is 15.2. The number of nitriles is 1. The lowest BCUT2D eigenvalue weighted by molar-refractivity contribution is 0.230. The van der Waals surface area contributed by atoms with Crippen molar-refractivity contribution in [3.63, 3.8) is 0 Å². The second-order valence-corrected chi connectivity index (χ2v) is 4.87. The van der Waals surface area contributed by atoms with Crippen molar-refractivity contribution < 1.29 is 0 Å². The van der Waals surface area contributed by atoms with Gasteiger partial charge in [-0.3, -0.25) is 5.32 Å². The predicted molar refractivity (Wildman–Crippen MR) is 60.4 cm³/mol. The number of nitrogens with zero attached hydrogens (tertiary/aromatic N) is 2. The highest BCUT2D eigenvalue weighted by molar-refractivity contribution is 5.16. The van der Waals surface area contributed by atoms with E-state index >= 15 is 0 Å². The molecule has 0 bridgehead atoms. The Labute approximate surface area is 92.4 Å². The summed E-state index contributed by atoms with van der Waals surface area (Å²) < 4.78 is 0. The van der Waals surface area contributed by atoms with E-state index < -0.39 is 0 Å². The summed E-state index contributed by atoms with van der Waals surface area (Å²) in [5.41, 5.74) is -0.251. The summed E-state index contributed by atoms with van der Waals surface area (Å²) in [4.78, 5) is 2.45. The van der Waals surface area contributed by atoms with E-state index in [4.69, 9.17) is 0 Å². The Balaban J connectivity index is 1.99. The van der Waals surface area contributed by atoms with Crippen LogP contribution in [0.1, 0.15) is 32.6 Å². The smallest absolute Gasteiger partial charge is 0.122 e. The molecule has 1 N–H and O–H groups in total. The Morgan fingerprint density at radius 3 is 2.53 bits per heavy atom. The fourth-order valence-corrected chi connectivity index (χ4v) is 2.68. The summed E-state index contributed by atoms with van der Waals surface area (Å²) in [6.07, 6.45) is 5.07. The van der Waals surface area contributed by atoms with Crippen LogP contribution in [0.15, 0.2) is 0 Å². The minimum atomic E-state index is -0.251. The third-order valence-electron chi connectivity index (χ3n) is 3.64. The Morgan fingerprint density at radius 1 is 1.40 bits per heavy atom. The van der Waals surface area contributed by atoms with Crippen LogP contribution in [-0.2, 0) is 0 Å². The topological polar surface area (TPSA) is 39.1 Å². The highest BCUT2D eigenvalue weighted by Gasteiger charge is 2.46. The molecule has 2 rings (SSSR count). The zero-order valence-electron chi connectivity index (χ0n) is 9.63. The van der Waals surface area contributed by atoms with Crippen LogP contribution in [0.5, 0.6) is 0 Å². The SMILES string of the molecule is CCNC(C#N)(CN1CCCC1)C1CC1. The molecule has 0 spiro atoms. The Morgan fingerprint density at radius 2 is 2.07 bits per heavy atom. The first-order valence-electron chi connectivity index (χ1n) is 6.19. The average Bonchev–Trinajstić information content (AvgIpc) is 2.98. The maximum Gasteiger partial charge on any atom is 0.122 e. The molecule has 15 heavy (non-hydrogen) atoms. The monoisotopic (exact) mass is 207 g/mol. The van der Waals surface area contributed by atoms with Crippen molar-refractivity contribution in [2.24, 2.45) is 5.92 Å². The molecule has 1 aliphatic heterocycles. The Hall–Kier alpha value is -0.590. The van der Waals surface area contributed by atoms with Gasteiger partial charge in [0.05, 0.1) is 6.07 Å². The van der Waals surface area contributed by atoms with Gasteiger partial charge in [-0.1, -0.05) is 6.92 Å². The number of likely N-dealkylation sites (N-methyl/N-ethyl adjacent to an activating group) is 1. The van der Waals surface area contributed by atoms with Gasteiger partial charge in [0.25, 0.3) is 0 Å². The van der Waals surface area contributed by atoms with Crippen LogP contribution in [0, 0.1) is 17.2 Å². The average molecular weight is 207 g/mol. The molecule has 0 amide bonds. The first kappa shape index (κ1) is 10.9. The van der Waals surface area contributed by atoms with Gasteiger partial charge >= 0.3 is 0 Å². The van der Waals surface area contributed by atoms with Crippen LogP contribution < -0.4 is 5.32 Å². The summed E-state index contributed by atoms with van der Waals surface area (Å²) in [7, 11) is 0. The van der Waals surface area contributed by atoms with Gasteiger partial charge < -0.3 is 4.90 Å². The maximum absolute atomic E-state index is 9.44. The molecule has 1 unspecified atom stereocenters. The molecule has 0 aromatic carbocycles. The number of nitrogens with one attached hydrogen (secondary N) is 1. The molecular weight excluding hydrogens is 186 g/mol. The summed E-state index contributed by atoms with van der Waals surface area (Å²) in [5.74, 6) is 0.600. The van der Waals surface area contributed by atoms with Crippen molar-refractivity contribution in [2.45, 2.75) is 38.1 Å². The molecule has 2 aliphatic rings. The predicted octanol–water partition coefficient (Wildman–Crippen LogP) is 1.36. The third kappa shape index (κ3) is 2.32. The number of likely N-dealkylation sites (tertiary alicyclic amines) is 1. The fraction of sp³-hybridized carbons (Fsp3) is 0.917. The molecule has 3 heteroatoms. The van der Waals surface area contributed by atoms with Crippen LogP contribution in [0.25, 0.3) is 0 Å². The standard InChI is InChI=1S/C12H21N3/c1-2-14-12(9-13,11-5-6-11)10-15-7-3-4-8-15/h11,14H,2-8,10H2,1H3. The summed E-state index contributed by atoms with van der Waals surface area (Å²) in [5, 5.41) is 12.9. The lowest BCUT2D eigenvalue weighted by Crippen LogP contribution is -2.53. The fourth-order valence-electron chi connectivity index (χ4n) is 2.68. The summed E-state index contributed by atoms with van der Waals surface area (Å²) in [6, 6.07) is 2.55. The Kier molecular flexibility index (Phi) is 3.28. The minimum absolute atomic E-state index is 0.251. The van der Waals surface area contributed by atoms with Crippen LogP contribution in [0.3, 0.4) is 0 Å². The quantitative estimate of drug-likeness (QED) is 0.740. The van der Waals surface area contributed by atoms with Crippen molar-refractivity contribution in [1.82, 2.24) is 10.2 Å². The third-order valence-corrected chi connectivity index (χ3v) is 3.64. The number of hydrogen-bond acceptors (Lipinski definition) is 3. The minimum Gasteiger partial charge on any atom is -0.300 e. The zero-order valence-corrected chi connectivity index (χ0v) is 9.63. The van der Waals surface area contributed by atoms with Crippen molar-refractivity contribution in [1.29, 1.82) is 5.26 Å². The molecule has 1 saturated heterocycles. The second-order valence-electron chi connectivity index (χ2n) is 4.87. The lowest BCUT2D eigenvalue weighted by Gasteiger charge is -2.32. The van der Waals surface area contributed by atoms with Crippen LogP contribution in [-0.4, -0.2) is 36.6 Å². The van der Waals surface area contributed by atoms with Gasteiger partial charge in [-0.05, 0) is 51.2 Å². The molecule has 2 fully saturated rings. The normalized spacial score (nSPS) is 26.1. The molecule has 1 aliphatic carbocycles. The molecule has 1 heterocycles. The van der Waals surface area contributed by atoms with Crippen molar-refractivity contribution in [3.05, 3.63) is 0 Å². The second kappa shape index (κ2) is 4.51. The van der Waals surface area contributed by atoms with Gasteiger partial charge in [0.2, 0.25) is 0 Å². The van der Waals surface area contributed by atoms with E-state index in [2.05, 4.69) is 23.2 Å². The highest BCUT2D eigenvalue weighted by Crippen LogP contribution is 2.40. The van der Waals surface area contributed by atoms with E-state index in [1.54, 1.807) is 0 Å². The molecule has 3 nitrogen and oxygen atoms in total. The van der Waals surface area contributed by atoms with Crippen molar-refractivity contribution in [3.8, 4) is 6.07 Å². The van der Waals surface area contributed by atoms with Crippen molar-refractivity contribution >= 4 is 0 Å². The van der Waals surface area contributed by atoms with Gasteiger partial charge in [0, 0.05) is 6.54 Å². The number of hydrogen-bond donors (Lipinski definition) is 1. The first-order chi connectivity index (χ1) is 7.30. The van der Waals surface area contributed by atoms with E-state index in [1.165, 1.54) is 38.8 Å². The molecule has 0 aromatic heterocycles. The number of rotatable bonds is 5. The van der Waals surface area contributed by atoms with E-state index in [0.717, 1.165) is 13.1 Å². The van der Waals surface area contributed by atoms with Gasteiger partial charge in [-0.2, -0.15) is 5.26 Å². The largest absolute Gasteiger partial charge is 0.300 e.